The van der Waals surface area contributed by atoms with Crippen LogP contribution in [-0.4, -0.2) is 24.5 Å². The molecule has 0 N–H and O–H groups in total. The maximum atomic E-state index is 13.0. The first kappa shape index (κ1) is 18.3. The lowest BCUT2D eigenvalue weighted by Gasteiger charge is -2.09. The smallest absolute Gasteiger partial charge is 0.313 e. The number of benzene rings is 1. The number of rotatable bonds is 6. The van der Waals surface area contributed by atoms with E-state index in [1.54, 1.807) is 41.9 Å². The van der Waals surface area contributed by atoms with Gasteiger partial charge in [-0.3, -0.25) is 18.7 Å². The van der Waals surface area contributed by atoms with Crippen molar-refractivity contribution >= 4 is 32.9 Å². The molecule has 0 radical (unpaired) electrons. The van der Waals surface area contributed by atoms with Crippen molar-refractivity contribution in [2.45, 2.75) is 32.9 Å². The largest absolute Gasteiger partial charge is 0.332 e. The Kier molecular flexibility index (Phi) is 5.22. The van der Waals surface area contributed by atoms with Crippen LogP contribution in [0.2, 0.25) is 0 Å². The van der Waals surface area contributed by atoms with Gasteiger partial charge in [-0.25, -0.2) is 9.78 Å². The van der Waals surface area contributed by atoms with Crippen molar-refractivity contribution in [1.29, 1.82) is 0 Å². The van der Waals surface area contributed by atoms with Gasteiger partial charge in [0.25, 0.3) is 5.56 Å². The van der Waals surface area contributed by atoms with E-state index < -0.39 is 11.2 Å². The van der Waals surface area contributed by atoms with Crippen LogP contribution in [0.3, 0.4) is 0 Å². The molecule has 0 aliphatic rings. The Labute approximate surface area is 158 Å². The number of fused-ring (bicyclic) bond motifs is 1. The van der Waals surface area contributed by atoms with Crippen LogP contribution in [-0.2, 0) is 20.1 Å². The molecule has 26 heavy (non-hydrogen) atoms. The van der Waals surface area contributed by atoms with Crippen LogP contribution in [0, 0.1) is 0 Å². The van der Waals surface area contributed by atoms with Crippen molar-refractivity contribution in [3.63, 3.8) is 0 Å². The number of Topliss-reactive ketones (excluding diaryl/α,β-unsaturated/α-hetero) is 1. The number of aromatic nitrogens is 4. The van der Waals surface area contributed by atoms with Gasteiger partial charge in [0.05, 0.1) is 6.54 Å². The Bertz CT molecular complexity index is 1080. The highest BCUT2D eigenvalue weighted by Gasteiger charge is 2.20. The fraction of sp³-hybridized carbons (Fsp3) is 0.333. The molecule has 0 spiro atoms. The number of hydrogen-bond acceptors (Lipinski definition) is 4. The van der Waals surface area contributed by atoms with Crippen LogP contribution in [0.25, 0.3) is 11.2 Å². The van der Waals surface area contributed by atoms with E-state index in [9.17, 15) is 14.4 Å². The van der Waals surface area contributed by atoms with Gasteiger partial charge in [-0.2, -0.15) is 0 Å². The lowest BCUT2D eigenvalue weighted by atomic mass is 10.1. The van der Waals surface area contributed by atoms with Gasteiger partial charge in [-0.1, -0.05) is 43.7 Å². The van der Waals surface area contributed by atoms with Crippen LogP contribution in [0.4, 0.5) is 0 Å². The van der Waals surface area contributed by atoms with Crippen LogP contribution in [0.15, 0.2) is 44.7 Å². The zero-order valence-electron chi connectivity index (χ0n) is 14.6. The molecule has 1 aromatic carbocycles. The number of aryl methyl sites for hydroxylation is 2. The van der Waals surface area contributed by atoms with E-state index in [2.05, 4.69) is 27.8 Å². The molecular weight excluding hydrogens is 400 g/mol. The summed E-state index contributed by atoms with van der Waals surface area (Å²) < 4.78 is 4.54. The highest BCUT2D eigenvalue weighted by molar-refractivity contribution is 9.10. The van der Waals surface area contributed by atoms with Crippen LogP contribution >= 0.6 is 15.9 Å². The van der Waals surface area contributed by atoms with Gasteiger partial charge in [0.1, 0.15) is 0 Å². The molecule has 3 aromatic rings. The molecule has 0 amide bonds. The Morgan fingerprint density at radius 1 is 1.15 bits per heavy atom. The van der Waals surface area contributed by atoms with Crippen LogP contribution < -0.4 is 11.2 Å². The normalized spacial score (nSPS) is 11.2. The van der Waals surface area contributed by atoms with E-state index in [1.807, 2.05) is 0 Å². The SMILES string of the molecule is CCCCn1c(Br)nc2c1c(=O)n(CC(=O)c1ccccc1)c(=O)n2C. The van der Waals surface area contributed by atoms with Gasteiger partial charge in [-0.05, 0) is 22.4 Å². The first-order chi connectivity index (χ1) is 12.5. The summed E-state index contributed by atoms with van der Waals surface area (Å²) in [6, 6.07) is 8.62. The summed E-state index contributed by atoms with van der Waals surface area (Å²) in [5, 5.41) is 0. The fourth-order valence-corrected chi connectivity index (χ4v) is 3.39. The second kappa shape index (κ2) is 7.41. The molecule has 8 heteroatoms. The minimum atomic E-state index is -0.556. The third-order valence-electron chi connectivity index (χ3n) is 4.32. The minimum absolute atomic E-state index is 0.289. The highest BCUT2D eigenvalue weighted by atomic mass is 79.9. The molecule has 3 rings (SSSR count). The van der Waals surface area contributed by atoms with Crippen molar-refractivity contribution < 1.29 is 4.79 Å². The molecule has 0 fully saturated rings. The number of nitrogens with zero attached hydrogens (tertiary/aromatic N) is 4. The Hall–Kier alpha value is -2.48. The third kappa shape index (κ3) is 3.16. The van der Waals surface area contributed by atoms with Crippen molar-refractivity contribution in [3.05, 3.63) is 61.5 Å². The molecule has 7 nitrogen and oxygen atoms in total. The fourth-order valence-electron chi connectivity index (χ4n) is 2.86. The number of unbranched alkanes of at least 4 members (excludes halogenated alkanes) is 1. The minimum Gasteiger partial charge on any atom is -0.313 e. The second-order valence-electron chi connectivity index (χ2n) is 6.08. The highest BCUT2D eigenvalue weighted by Crippen LogP contribution is 2.17. The number of hydrogen-bond donors (Lipinski definition) is 0. The maximum absolute atomic E-state index is 13.0. The van der Waals surface area contributed by atoms with Gasteiger partial charge in [0.15, 0.2) is 21.7 Å². The van der Waals surface area contributed by atoms with Gasteiger partial charge in [0.2, 0.25) is 0 Å². The molecule has 0 aliphatic heterocycles. The molecule has 0 bridgehead atoms. The van der Waals surface area contributed by atoms with E-state index in [0.717, 1.165) is 17.4 Å². The molecule has 2 aromatic heterocycles. The standard InChI is InChI=1S/C18H19BrN4O3/c1-3-4-10-22-14-15(20-17(22)19)21(2)18(26)23(16(14)25)11-13(24)12-8-6-5-7-9-12/h5-9H,3-4,10-11H2,1-2H3. The molecule has 136 valence electrons. The van der Waals surface area contributed by atoms with Crippen molar-refractivity contribution in [2.24, 2.45) is 7.05 Å². The van der Waals surface area contributed by atoms with Crippen LogP contribution in [0.1, 0.15) is 30.1 Å². The third-order valence-corrected chi connectivity index (χ3v) is 4.92. The first-order valence-electron chi connectivity index (χ1n) is 8.39. The van der Waals surface area contributed by atoms with Crippen LogP contribution in [0.5, 0.6) is 0 Å². The molecule has 0 saturated heterocycles. The molecular formula is C18H19BrN4O3. The second-order valence-corrected chi connectivity index (χ2v) is 6.79. The van der Waals surface area contributed by atoms with Gasteiger partial charge in [0, 0.05) is 19.2 Å². The van der Waals surface area contributed by atoms with E-state index in [0.29, 0.717) is 28.0 Å². The van der Waals surface area contributed by atoms with Crippen molar-refractivity contribution in [2.75, 3.05) is 0 Å². The number of carbonyl (C=O) groups excluding carboxylic acids is 1. The Morgan fingerprint density at radius 3 is 2.50 bits per heavy atom. The molecule has 0 unspecified atom stereocenters. The summed E-state index contributed by atoms with van der Waals surface area (Å²) in [4.78, 5) is 42.4. The summed E-state index contributed by atoms with van der Waals surface area (Å²) >= 11 is 3.37. The predicted octanol–water partition coefficient (Wildman–Crippen LogP) is 2.34. The average Bonchev–Trinajstić information content (AvgIpc) is 2.98. The zero-order valence-corrected chi connectivity index (χ0v) is 16.2. The summed E-state index contributed by atoms with van der Waals surface area (Å²) in [5.41, 5.74) is 0.0444. The number of carbonyl (C=O) groups is 1. The lowest BCUT2D eigenvalue weighted by Crippen LogP contribution is -2.41. The van der Waals surface area contributed by atoms with E-state index in [1.165, 1.54) is 4.57 Å². The molecule has 0 atom stereocenters. The lowest BCUT2D eigenvalue weighted by molar-refractivity contribution is 0.0969. The summed E-state index contributed by atoms with van der Waals surface area (Å²) in [6.45, 7) is 2.36. The summed E-state index contributed by atoms with van der Waals surface area (Å²) in [5.74, 6) is -0.289. The Balaban J connectivity index is 2.15. The zero-order chi connectivity index (χ0) is 18.8. The number of imidazole rings is 1. The Morgan fingerprint density at radius 2 is 1.85 bits per heavy atom. The van der Waals surface area contributed by atoms with E-state index in [4.69, 9.17) is 0 Å². The molecule has 0 saturated carbocycles. The van der Waals surface area contributed by atoms with Gasteiger partial charge < -0.3 is 4.57 Å². The number of ketones is 1. The number of halogens is 1. The predicted molar refractivity (Wildman–Crippen MR) is 103 cm³/mol. The van der Waals surface area contributed by atoms with Gasteiger partial charge in [-0.15, -0.1) is 0 Å². The monoisotopic (exact) mass is 418 g/mol. The first-order valence-corrected chi connectivity index (χ1v) is 9.18. The summed E-state index contributed by atoms with van der Waals surface area (Å²) in [6.07, 6.45) is 1.83. The van der Waals surface area contributed by atoms with E-state index in [-0.39, 0.29) is 12.3 Å². The average molecular weight is 419 g/mol. The molecule has 2 heterocycles. The quantitative estimate of drug-likeness (QED) is 0.454. The van der Waals surface area contributed by atoms with Crippen molar-refractivity contribution in [1.82, 2.24) is 18.7 Å². The van der Waals surface area contributed by atoms with Gasteiger partial charge >= 0.3 is 5.69 Å². The topological polar surface area (TPSA) is 78.9 Å². The van der Waals surface area contributed by atoms with E-state index >= 15 is 0 Å². The maximum Gasteiger partial charge on any atom is 0.332 e. The molecule has 0 aliphatic carbocycles. The summed E-state index contributed by atoms with van der Waals surface area (Å²) in [7, 11) is 1.55. The van der Waals surface area contributed by atoms with Crippen molar-refractivity contribution in [3.8, 4) is 0 Å².